The molecule has 66 heavy (non-hydrogen) atoms. The summed E-state index contributed by atoms with van der Waals surface area (Å²) in [4.78, 5) is 72.0. The summed E-state index contributed by atoms with van der Waals surface area (Å²) in [5.41, 5.74) is 17.4. The fourth-order valence-electron chi connectivity index (χ4n) is 7.78. The number of imidazole rings is 1. The van der Waals surface area contributed by atoms with Gasteiger partial charge in [0.2, 0.25) is 29.5 Å². The van der Waals surface area contributed by atoms with Crippen molar-refractivity contribution < 1.29 is 29.1 Å². The Bertz CT molecular complexity index is 2250. The maximum absolute atomic E-state index is 14.3. The lowest BCUT2D eigenvalue weighted by Crippen LogP contribution is -2.58. The van der Waals surface area contributed by atoms with Crippen LogP contribution in [0.5, 0.6) is 5.75 Å². The summed E-state index contributed by atoms with van der Waals surface area (Å²) in [6.45, 7) is 4.49. The molecule has 0 saturated heterocycles. The van der Waals surface area contributed by atoms with Crippen molar-refractivity contribution in [3.8, 4) is 5.75 Å². The van der Waals surface area contributed by atoms with E-state index in [9.17, 15) is 29.1 Å². The minimum atomic E-state index is -1.17. The molecule has 0 aliphatic heterocycles. The molecule has 1 aromatic heterocycles. The Morgan fingerprint density at radius 1 is 0.652 bits per heavy atom. The van der Waals surface area contributed by atoms with Gasteiger partial charge >= 0.3 is 0 Å². The lowest BCUT2D eigenvalue weighted by Gasteiger charge is -2.26. The van der Waals surface area contributed by atoms with Crippen molar-refractivity contribution in [1.29, 1.82) is 0 Å². The molecule has 0 aliphatic carbocycles. The fourth-order valence-corrected chi connectivity index (χ4v) is 7.78. The molecule has 350 valence electrons. The first-order valence-corrected chi connectivity index (χ1v) is 23.1. The van der Waals surface area contributed by atoms with Crippen LogP contribution in [0.2, 0.25) is 0 Å². The van der Waals surface area contributed by atoms with Gasteiger partial charge in [0.05, 0.1) is 24.1 Å². The number of hydrogen-bond donors (Lipinski definition) is 7. The molecule has 4 unspecified atom stereocenters. The number of phenolic OH excluding ortho intramolecular Hbond substituents is 1. The molecule has 9 N–H and O–H groups in total. The fraction of sp³-hybridized carbons (Fsp3) is 0.385. The molecule has 0 radical (unpaired) electrons. The van der Waals surface area contributed by atoms with Crippen molar-refractivity contribution in [2.24, 2.45) is 11.5 Å². The third-order valence-corrected chi connectivity index (χ3v) is 11.6. The largest absolute Gasteiger partial charge is 0.508 e. The predicted octanol–water partition coefficient (Wildman–Crippen LogP) is 5.48. The molecule has 0 spiro atoms. The summed E-state index contributed by atoms with van der Waals surface area (Å²) in [5, 5.41) is 21.1. The Morgan fingerprint density at radius 3 is 1.83 bits per heavy atom. The van der Waals surface area contributed by atoms with E-state index in [0.717, 1.165) is 54.4 Å². The van der Waals surface area contributed by atoms with Gasteiger partial charge in [-0.2, -0.15) is 0 Å². The number of hydrogen-bond acceptors (Lipinski definition) is 8. The van der Waals surface area contributed by atoms with Crippen LogP contribution in [0.25, 0.3) is 0 Å². The van der Waals surface area contributed by atoms with Crippen LogP contribution in [0, 0.1) is 6.92 Å². The Labute approximate surface area is 388 Å². The van der Waals surface area contributed by atoms with Crippen molar-refractivity contribution >= 4 is 29.5 Å². The topological polar surface area (TPSA) is 224 Å². The van der Waals surface area contributed by atoms with Gasteiger partial charge < -0.3 is 42.4 Å². The van der Waals surface area contributed by atoms with Crippen LogP contribution in [0.4, 0.5) is 0 Å². The molecule has 14 nitrogen and oxygen atoms in total. The zero-order chi connectivity index (χ0) is 47.3. The standard InChI is InChI=1S/C52H66N8O6/c1-3-4-5-6-13-21-47(62)55-30-15-14-20-44(57-50(64)43(53)33-41-34-60(35-56-41)48(39-16-9-7-10-17-39)40-18-11-8-12-19-40)51(65)59-46(32-37-24-22-36(2)23-25-37)52(66)58-45(49(54)63)31-38-26-28-42(61)29-27-38/h7-12,16-19,22-29,34-35,43-46,48,61H,3-6,13-15,20-21,30-33,53H2,1-2H3,(H2,54,63)(H,55,62)(H,57,64)(H,58,66)(H,59,65). The van der Waals surface area contributed by atoms with E-state index in [1.165, 1.54) is 12.1 Å². The number of carbonyl (C=O) groups excluding carboxylic acids is 5. The first-order chi connectivity index (χ1) is 31.9. The highest BCUT2D eigenvalue weighted by atomic mass is 16.3. The van der Waals surface area contributed by atoms with Crippen molar-refractivity contribution in [3.05, 3.63) is 155 Å². The zero-order valence-corrected chi connectivity index (χ0v) is 38.2. The first kappa shape index (κ1) is 50.2. The predicted molar refractivity (Wildman–Crippen MR) is 256 cm³/mol. The molecule has 5 aromatic rings. The Hall–Kier alpha value is -6.80. The molecule has 1 heterocycles. The molecule has 0 aliphatic rings. The van der Waals surface area contributed by atoms with Crippen molar-refractivity contribution in [2.75, 3.05) is 6.54 Å². The number of aromatic hydroxyl groups is 1. The number of unbranched alkanes of at least 4 members (excludes halogenated alkanes) is 5. The van der Waals surface area contributed by atoms with E-state index < -0.39 is 47.8 Å². The van der Waals surface area contributed by atoms with Gasteiger partial charge in [0.1, 0.15) is 23.9 Å². The summed E-state index contributed by atoms with van der Waals surface area (Å²) in [5.74, 6) is -2.60. The van der Waals surface area contributed by atoms with Crippen molar-refractivity contribution in [2.45, 2.75) is 121 Å². The molecule has 4 aromatic carbocycles. The Morgan fingerprint density at radius 2 is 1.21 bits per heavy atom. The number of nitrogens with one attached hydrogen (secondary N) is 4. The van der Waals surface area contributed by atoms with Crippen LogP contribution in [0.3, 0.4) is 0 Å². The molecule has 0 fully saturated rings. The normalized spacial score (nSPS) is 13.0. The minimum absolute atomic E-state index is 0.0222. The number of carbonyl (C=O) groups is 5. The quantitative estimate of drug-likeness (QED) is 0.0334. The third kappa shape index (κ3) is 16.3. The highest BCUT2D eigenvalue weighted by molar-refractivity contribution is 5.94. The van der Waals surface area contributed by atoms with Crippen LogP contribution in [0.15, 0.2) is 122 Å². The number of rotatable bonds is 27. The summed E-state index contributed by atoms with van der Waals surface area (Å²) < 4.78 is 1.98. The molecule has 0 saturated carbocycles. The van der Waals surface area contributed by atoms with Gasteiger partial charge in [0, 0.05) is 38.4 Å². The number of nitrogens with zero attached hydrogens (tertiary/aromatic N) is 2. The van der Waals surface area contributed by atoms with Crippen molar-refractivity contribution in [3.63, 3.8) is 0 Å². The van der Waals surface area contributed by atoms with E-state index in [2.05, 4.69) is 33.2 Å². The zero-order valence-electron chi connectivity index (χ0n) is 38.2. The average Bonchev–Trinajstić information content (AvgIpc) is 3.77. The maximum Gasteiger partial charge on any atom is 0.243 e. The summed E-state index contributed by atoms with van der Waals surface area (Å²) in [6, 6.07) is 29.1. The Kier molecular flexibility index (Phi) is 20.0. The van der Waals surface area contributed by atoms with E-state index in [1.807, 2.05) is 103 Å². The second-order valence-corrected chi connectivity index (χ2v) is 17.0. The summed E-state index contributed by atoms with van der Waals surface area (Å²) in [6.07, 6.45) is 10.7. The summed E-state index contributed by atoms with van der Waals surface area (Å²) in [7, 11) is 0. The van der Waals surface area contributed by atoms with Crippen LogP contribution in [0.1, 0.15) is 104 Å². The van der Waals surface area contributed by atoms with Crippen LogP contribution in [-0.2, 0) is 43.2 Å². The molecule has 5 rings (SSSR count). The molecule has 0 bridgehead atoms. The molecule has 14 heteroatoms. The molecule has 5 amide bonds. The van der Waals surface area contributed by atoms with Gasteiger partial charge in [-0.1, -0.05) is 135 Å². The highest BCUT2D eigenvalue weighted by Crippen LogP contribution is 2.27. The second-order valence-electron chi connectivity index (χ2n) is 17.0. The number of nitrogens with two attached hydrogens (primary N) is 2. The van der Waals surface area contributed by atoms with Crippen LogP contribution in [-0.4, -0.2) is 74.9 Å². The molecular formula is C52H66N8O6. The SMILES string of the molecule is CCCCCCCC(=O)NCCCCC(NC(=O)C(N)Cc1cn(C(c2ccccc2)c2ccccc2)cn1)C(=O)NC(Cc1ccc(C)cc1)C(=O)NC(Cc1ccc(O)cc1)C(N)=O. The lowest BCUT2D eigenvalue weighted by atomic mass is 9.98. The monoisotopic (exact) mass is 899 g/mol. The van der Waals surface area contributed by atoms with E-state index in [4.69, 9.17) is 11.5 Å². The lowest BCUT2D eigenvalue weighted by molar-refractivity contribution is -0.133. The van der Waals surface area contributed by atoms with E-state index >= 15 is 0 Å². The molecular weight excluding hydrogens is 833 g/mol. The smallest absolute Gasteiger partial charge is 0.243 e. The van der Waals surface area contributed by atoms with E-state index in [-0.39, 0.29) is 43.4 Å². The molecule has 4 atom stereocenters. The number of primary amides is 1. The average molecular weight is 899 g/mol. The van der Waals surface area contributed by atoms with Crippen molar-refractivity contribution in [1.82, 2.24) is 30.8 Å². The number of aryl methyl sites for hydroxylation is 1. The van der Waals surface area contributed by atoms with Gasteiger partial charge in [-0.25, -0.2) is 4.98 Å². The number of aromatic nitrogens is 2. The first-order valence-electron chi connectivity index (χ1n) is 23.1. The number of benzene rings is 4. The van der Waals surface area contributed by atoms with Gasteiger partial charge in [-0.05, 0) is 67.0 Å². The van der Waals surface area contributed by atoms with Gasteiger partial charge in [0.25, 0.3) is 0 Å². The summed E-state index contributed by atoms with van der Waals surface area (Å²) >= 11 is 0. The highest BCUT2D eigenvalue weighted by Gasteiger charge is 2.31. The van der Waals surface area contributed by atoms with Crippen LogP contribution < -0.4 is 32.7 Å². The van der Waals surface area contributed by atoms with Crippen LogP contribution >= 0.6 is 0 Å². The second kappa shape index (κ2) is 26.2. The Balaban J connectivity index is 1.30. The number of phenols is 1. The minimum Gasteiger partial charge on any atom is -0.508 e. The van der Waals surface area contributed by atoms with Gasteiger partial charge in [-0.15, -0.1) is 0 Å². The van der Waals surface area contributed by atoms with Gasteiger partial charge in [-0.3, -0.25) is 24.0 Å². The maximum atomic E-state index is 14.3. The number of amides is 5. The van der Waals surface area contributed by atoms with E-state index in [0.29, 0.717) is 37.1 Å². The van der Waals surface area contributed by atoms with E-state index in [1.54, 1.807) is 18.5 Å². The van der Waals surface area contributed by atoms with Gasteiger partial charge in [0.15, 0.2) is 0 Å². The third-order valence-electron chi connectivity index (χ3n) is 11.6.